The van der Waals surface area contributed by atoms with Crippen molar-refractivity contribution in [3.8, 4) is 17.2 Å². The summed E-state index contributed by atoms with van der Waals surface area (Å²) in [5.74, 6) is 1.84. The third-order valence-corrected chi connectivity index (χ3v) is 6.62. The first-order valence-corrected chi connectivity index (χ1v) is 12.1. The molecule has 34 heavy (non-hydrogen) atoms. The molecule has 1 heterocycles. The average Bonchev–Trinajstić information content (AvgIpc) is 3.11. The molecule has 0 saturated carbocycles. The molecular weight excluding hydrogens is 472 g/mol. The Hall–Kier alpha value is -3.04. The lowest BCUT2D eigenvalue weighted by Gasteiger charge is -2.14. The van der Waals surface area contributed by atoms with E-state index < -0.39 is 0 Å². The van der Waals surface area contributed by atoms with E-state index in [4.69, 9.17) is 26.4 Å². The number of rotatable bonds is 11. The van der Waals surface area contributed by atoms with Gasteiger partial charge in [0.2, 0.25) is 5.91 Å². The molecule has 0 atom stereocenters. The monoisotopic (exact) mass is 500 g/mol. The lowest BCUT2D eigenvalue weighted by atomic mass is 10.1. The maximum atomic E-state index is 12.8. The molecule has 2 amide bonds. The molecule has 0 spiro atoms. The third kappa shape index (κ3) is 6.74. The first-order chi connectivity index (χ1) is 16.4. The van der Waals surface area contributed by atoms with Gasteiger partial charge in [-0.2, -0.15) is 0 Å². The Morgan fingerprint density at radius 1 is 1.00 bits per heavy atom. The molecule has 0 bridgehead atoms. The molecule has 0 aromatic heterocycles. The van der Waals surface area contributed by atoms with Crippen LogP contribution in [-0.4, -0.2) is 48.9 Å². The Morgan fingerprint density at radius 2 is 1.74 bits per heavy atom. The Labute approximate surface area is 209 Å². The van der Waals surface area contributed by atoms with Crippen molar-refractivity contribution in [3.63, 3.8) is 0 Å². The highest BCUT2D eigenvalue weighted by atomic mass is 32.2. The van der Waals surface area contributed by atoms with E-state index in [0.717, 1.165) is 36.3 Å². The van der Waals surface area contributed by atoms with Gasteiger partial charge in [0.1, 0.15) is 10.1 Å². The van der Waals surface area contributed by atoms with Gasteiger partial charge in [-0.3, -0.25) is 14.5 Å². The average molecular weight is 501 g/mol. The lowest BCUT2D eigenvalue weighted by molar-refractivity contribution is -0.122. The van der Waals surface area contributed by atoms with Crippen LogP contribution >= 0.6 is 24.0 Å². The molecule has 1 N–H and O–H groups in total. The van der Waals surface area contributed by atoms with Gasteiger partial charge < -0.3 is 19.5 Å². The van der Waals surface area contributed by atoms with Gasteiger partial charge >= 0.3 is 0 Å². The van der Waals surface area contributed by atoms with Crippen molar-refractivity contribution in [1.82, 2.24) is 4.90 Å². The topological polar surface area (TPSA) is 77.1 Å². The van der Waals surface area contributed by atoms with Gasteiger partial charge in [-0.15, -0.1) is 0 Å². The van der Waals surface area contributed by atoms with E-state index in [2.05, 4.69) is 5.32 Å². The normalized spacial score (nSPS) is 14.4. The summed E-state index contributed by atoms with van der Waals surface area (Å²) in [4.78, 5) is 27.2. The molecule has 1 fully saturated rings. The fraction of sp³-hybridized carbons (Fsp3) is 0.320. The van der Waals surface area contributed by atoms with Gasteiger partial charge in [0.25, 0.3) is 5.91 Å². The number of thiocarbonyl (C=S) groups is 1. The summed E-state index contributed by atoms with van der Waals surface area (Å²) in [5.41, 5.74) is 1.57. The SMILES string of the molecule is COc1ccc(NC(=O)CCCCCN2C(=O)C(=Cc3ccc(OC)c(OC)c3)SC2=S)cc1. The molecule has 1 aliphatic heterocycles. The van der Waals surface area contributed by atoms with Crippen LogP contribution in [0.3, 0.4) is 0 Å². The number of carbonyl (C=O) groups excluding carboxylic acids is 2. The number of nitrogens with one attached hydrogen (secondary N) is 1. The Morgan fingerprint density at radius 3 is 2.41 bits per heavy atom. The summed E-state index contributed by atoms with van der Waals surface area (Å²) in [6, 6.07) is 12.7. The second-order valence-electron chi connectivity index (χ2n) is 7.54. The number of unbranched alkanes of at least 4 members (excludes halogenated alkanes) is 2. The van der Waals surface area contributed by atoms with E-state index in [9.17, 15) is 9.59 Å². The number of anilines is 1. The molecule has 9 heteroatoms. The number of thioether (sulfide) groups is 1. The fourth-order valence-electron chi connectivity index (χ4n) is 3.42. The van der Waals surface area contributed by atoms with Crippen LogP contribution in [0.1, 0.15) is 31.2 Å². The van der Waals surface area contributed by atoms with Crippen LogP contribution in [0.5, 0.6) is 17.2 Å². The standard InChI is InChI=1S/C25H28N2O5S2/c1-30-19-11-9-18(10-12-19)26-23(28)7-5-4-6-14-27-24(29)22(34-25(27)33)16-17-8-13-20(31-2)21(15-17)32-3/h8-13,15-16H,4-7,14H2,1-3H3,(H,26,28). The highest BCUT2D eigenvalue weighted by Gasteiger charge is 2.31. The van der Waals surface area contributed by atoms with Crippen LogP contribution in [0.15, 0.2) is 47.4 Å². The van der Waals surface area contributed by atoms with E-state index in [1.165, 1.54) is 11.8 Å². The third-order valence-electron chi connectivity index (χ3n) is 5.24. The summed E-state index contributed by atoms with van der Waals surface area (Å²) < 4.78 is 16.3. The maximum Gasteiger partial charge on any atom is 0.266 e. The number of nitrogens with zero attached hydrogens (tertiary/aromatic N) is 1. The molecule has 7 nitrogen and oxygen atoms in total. The Kier molecular flexibility index (Phi) is 9.35. The predicted molar refractivity (Wildman–Crippen MR) is 140 cm³/mol. The van der Waals surface area contributed by atoms with E-state index in [-0.39, 0.29) is 11.8 Å². The van der Waals surface area contributed by atoms with Crippen LogP contribution in [0.25, 0.3) is 6.08 Å². The van der Waals surface area contributed by atoms with Crippen molar-refractivity contribution in [2.45, 2.75) is 25.7 Å². The molecule has 2 aromatic carbocycles. The predicted octanol–water partition coefficient (Wildman–Crippen LogP) is 5.11. The zero-order valence-corrected chi connectivity index (χ0v) is 21.1. The zero-order chi connectivity index (χ0) is 24.5. The number of carbonyl (C=O) groups is 2. The van der Waals surface area contributed by atoms with Crippen molar-refractivity contribution in [2.75, 3.05) is 33.2 Å². The summed E-state index contributed by atoms with van der Waals surface area (Å²) >= 11 is 6.72. The summed E-state index contributed by atoms with van der Waals surface area (Å²) in [5, 5.41) is 2.88. The Bertz CT molecular complexity index is 1070. The van der Waals surface area contributed by atoms with Gasteiger partial charge in [0.05, 0.1) is 26.2 Å². The van der Waals surface area contributed by atoms with Crippen LogP contribution < -0.4 is 19.5 Å². The molecule has 1 aliphatic rings. The van der Waals surface area contributed by atoms with Gasteiger partial charge in [-0.1, -0.05) is 36.5 Å². The minimum Gasteiger partial charge on any atom is -0.497 e. The number of ether oxygens (including phenoxy) is 3. The summed E-state index contributed by atoms with van der Waals surface area (Å²) in [6.45, 7) is 0.536. The zero-order valence-electron chi connectivity index (χ0n) is 19.5. The van der Waals surface area contributed by atoms with Crippen molar-refractivity contribution in [1.29, 1.82) is 0 Å². The first kappa shape index (κ1) is 25.6. The van der Waals surface area contributed by atoms with E-state index in [1.807, 2.05) is 18.2 Å². The van der Waals surface area contributed by atoms with Crippen LogP contribution in [0.2, 0.25) is 0 Å². The van der Waals surface area contributed by atoms with Crippen molar-refractivity contribution in [2.24, 2.45) is 0 Å². The highest BCUT2D eigenvalue weighted by Crippen LogP contribution is 2.34. The number of hydrogen-bond acceptors (Lipinski definition) is 7. The smallest absolute Gasteiger partial charge is 0.266 e. The first-order valence-electron chi connectivity index (χ1n) is 10.9. The van der Waals surface area contributed by atoms with Gasteiger partial charge in [0.15, 0.2) is 11.5 Å². The molecular formula is C25H28N2O5S2. The second kappa shape index (κ2) is 12.4. The highest BCUT2D eigenvalue weighted by molar-refractivity contribution is 8.26. The molecule has 180 valence electrons. The van der Waals surface area contributed by atoms with Crippen LogP contribution in [0, 0.1) is 0 Å². The number of methoxy groups -OCH3 is 3. The van der Waals surface area contributed by atoms with Gasteiger partial charge in [-0.25, -0.2) is 0 Å². The number of amides is 2. The molecule has 0 radical (unpaired) electrons. The fourth-order valence-corrected chi connectivity index (χ4v) is 4.73. The van der Waals surface area contributed by atoms with Crippen molar-refractivity contribution in [3.05, 3.63) is 52.9 Å². The molecule has 2 aromatic rings. The minimum absolute atomic E-state index is 0.0337. The van der Waals surface area contributed by atoms with Crippen molar-refractivity contribution >= 4 is 51.9 Å². The minimum atomic E-state index is -0.0953. The Balaban J connectivity index is 1.44. The summed E-state index contributed by atoms with van der Waals surface area (Å²) in [7, 11) is 4.75. The largest absolute Gasteiger partial charge is 0.497 e. The second-order valence-corrected chi connectivity index (χ2v) is 9.21. The van der Waals surface area contributed by atoms with E-state index in [1.54, 1.807) is 56.6 Å². The summed E-state index contributed by atoms with van der Waals surface area (Å²) in [6.07, 6.45) is 4.56. The van der Waals surface area contributed by atoms with Gasteiger partial charge in [-0.05, 0) is 60.9 Å². The maximum absolute atomic E-state index is 12.8. The number of benzene rings is 2. The van der Waals surface area contributed by atoms with Crippen LogP contribution in [0.4, 0.5) is 5.69 Å². The quantitative estimate of drug-likeness (QED) is 0.261. The lowest BCUT2D eigenvalue weighted by Crippen LogP contribution is -2.29. The van der Waals surface area contributed by atoms with Crippen LogP contribution in [-0.2, 0) is 9.59 Å². The molecule has 1 saturated heterocycles. The van der Waals surface area contributed by atoms with Gasteiger partial charge in [0, 0.05) is 18.7 Å². The number of hydrogen-bond donors (Lipinski definition) is 1. The van der Waals surface area contributed by atoms with Crippen molar-refractivity contribution < 1.29 is 23.8 Å². The van der Waals surface area contributed by atoms with E-state index >= 15 is 0 Å². The molecule has 3 rings (SSSR count). The van der Waals surface area contributed by atoms with E-state index in [0.29, 0.717) is 33.7 Å². The molecule has 0 unspecified atom stereocenters. The molecule has 0 aliphatic carbocycles.